The molecule has 19 heavy (non-hydrogen) atoms. The van der Waals surface area contributed by atoms with Crippen molar-refractivity contribution in [3.8, 4) is 0 Å². The van der Waals surface area contributed by atoms with Crippen LogP contribution in [0.4, 0.5) is 5.69 Å². The molecule has 0 aromatic heterocycles. The number of hydrogen-bond donors (Lipinski definition) is 1. The van der Waals surface area contributed by atoms with Gasteiger partial charge in [0.2, 0.25) is 0 Å². The second-order valence-electron chi connectivity index (χ2n) is 5.29. The average molecular weight is 253 g/mol. The Morgan fingerprint density at radius 3 is 2.21 bits per heavy atom. The molecule has 0 saturated carbocycles. The summed E-state index contributed by atoms with van der Waals surface area (Å²) in [5, 5.41) is 3.48. The molecule has 0 bridgehead atoms. The van der Waals surface area contributed by atoms with E-state index in [1.54, 1.807) is 0 Å². The highest BCUT2D eigenvalue weighted by Gasteiger charge is 1.98. The SMILES string of the molecule is CC(C)c1ccc(NCCCc2ccccc2)cc1. The fourth-order valence-electron chi connectivity index (χ4n) is 2.16. The second-order valence-corrected chi connectivity index (χ2v) is 5.29. The molecule has 0 atom stereocenters. The third-order valence-corrected chi connectivity index (χ3v) is 3.39. The summed E-state index contributed by atoms with van der Waals surface area (Å²) in [5.74, 6) is 0.604. The van der Waals surface area contributed by atoms with Gasteiger partial charge in [-0.25, -0.2) is 0 Å². The number of nitrogens with one attached hydrogen (secondary N) is 1. The van der Waals surface area contributed by atoms with Gasteiger partial charge in [-0.05, 0) is 42.0 Å². The maximum atomic E-state index is 3.48. The van der Waals surface area contributed by atoms with Gasteiger partial charge in [0, 0.05) is 12.2 Å². The molecule has 1 nitrogen and oxygen atoms in total. The molecule has 0 aliphatic carbocycles. The Balaban J connectivity index is 1.74. The Bertz CT molecular complexity index is 471. The van der Waals surface area contributed by atoms with Crippen LogP contribution in [0.3, 0.4) is 0 Å². The topological polar surface area (TPSA) is 12.0 Å². The predicted molar refractivity (Wildman–Crippen MR) is 83.8 cm³/mol. The predicted octanol–water partition coefficient (Wildman–Crippen LogP) is 4.85. The minimum atomic E-state index is 0.604. The molecular formula is C18H23N. The molecule has 0 saturated heterocycles. The summed E-state index contributed by atoms with van der Waals surface area (Å²) in [5.41, 5.74) is 4.03. The van der Waals surface area contributed by atoms with Gasteiger partial charge in [0.15, 0.2) is 0 Å². The van der Waals surface area contributed by atoms with Crippen molar-refractivity contribution >= 4 is 5.69 Å². The van der Waals surface area contributed by atoms with E-state index in [-0.39, 0.29) is 0 Å². The highest BCUT2D eigenvalue weighted by atomic mass is 14.9. The molecule has 0 aliphatic rings. The average Bonchev–Trinajstić information content (AvgIpc) is 2.45. The standard InChI is InChI=1S/C18H23N/c1-15(2)17-10-12-18(13-11-17)19-14-6-9-16-7-4-3-5-8-16/h3-5,7-8,10-13,15,19H,6,9,14H2,1-2H3. The fourth-order valence-corrected chi connectivity index (χ4v) is 2.16. The molecule has 0 fully saturated rings. The lowest BCUT2D eigenvalue weighted by molar-refractivity contribution is 0.858. The van der Waals surface area contributed by atoms with Crippen LogP contribution >= 0.6 is 0 Å². The summed E-state index contributed by atoms with van der Waals surface area (Å²) in [6.45, 7) is 5.47. The van der Waals surface area contributed by atoms with Gasteiger partial charge in [-0.3, -0.25) is 0 Å². The lowest BCUT2D eigenvalue weighted by Gasteiger charge is -2.09. The Morgan fingerprint density at radius 2 is 1.58 bits per heavy atom. The summed E-state index contributed by atoms with van der Waals surface area (Å²) in [6, 6.07) is 19.4. The van der Waals surface area contributed by atoms with Gasteiger partial charge in [0.05, 0.1) is 0 Å². The van der Waals surface area contributed by atoms with Crippen molar-refractivity contribution in [3.63, 3.8) is 0 Å². The van der Waals surface area contributed by atoms with Gasteiger partial charge in [0.25, 0.3) is 0 Å². The van der Waals surface area contributed by atoms with E-state index in [1.165, 1.54) is 16.8 Å². The zero-order chi connectivity index (χ0) is 13.5. The van der Waals surface area contributed by atoms with Crippen molar-refractivity contribution in [1.82, 2.24) is 0 Å². The zero-order valence-electron chi connectivity index (χ0n) is 11.9. The van der Waals surface area contributed by atoms with E-state index >= 15 is 0 Å². The lowest BCUT2D eigenvalue weighted by atomic mass is 10.0. The van der Waals surface area contributed by atoms with Crippen molar-refractivity contribution in [2.24, 2.45) is 0 Å². The maximum absolute atomic E-state index is 3.48. The molecule has 2 rings (SSSR count). The molecule has 0 spiro atoms. The van der Waals surface area contributed by atoms with Crippen LogP contribution in [0.25, 0.3) is 0 Å². The van der Waals surface area contributed by atoms with E-state index < -0.39 is 0 Å². The van der Waals surface area contributed by atoms with Crippen molar-refractivity contribution in [2.45, 2.75) is 32.6 Å². The molecule has 0 unspecified atom stereocenters. The van der Waals surface area contributed by atoms with E-state index in [9.17, 15) is 0 Å². The second kappa shape index (κ2) is 6.98. The summed E-state index contributed by atoms with van der Waals surface area (Å²) in [7, 11) is 0. The summed E-state index contributed by atoms with van der Waals surface area (Å²) < 4.78 is 0. The van der Waals surface area contributed by atoms with Gasteiger partial charge in [-0.1, -0.05) is 56.3 Å². The third-order valence-electron chi connectivity index (χ3n) is 3.39. The first-order chi connectivity index (χ1) is 9.25. The summed E-state index contributed by atoms with van der Waals surface area (Å²) >= 11 is 0. The molecule has 1 N–H and O–H groups in total. The van der Waals surface area contributed by atoms with Crippen molar-refractivity contribution in [1.29, 1.82) is 0 Å². The van der Waals surface area contributed by atoms with Crippen LogP contribution in [-0.2, 0) is 6.42 Å². The molecule has 1 heteroatoms. The number of anilines is 1. The van der Waals surface area contributed by atoms with Gasteiger partial charge in [-0.2, -0.15) is 0 Å². The molecular weight excluding hydrogens is 230 g/mol. The summed E-state index contributed by atoms with van der Waals surface area (Å²) in [4.78, 5) is 0. The van der Waals surface area contributed by atoms with E-state index in [2.05, 4.69) is 73.8 Å². The van der Waals surface area contributed by atoms with Gasteiger partial charge in [0.1, 0.15) is 0 Å². The first-order valence-electron chi connectivity index (χ1n) is 7.13. The maximum Gasteiger partial charge on any atom is 0.0340 e. The zero-order valence-corrected chi connectivity index (χ0v) is 11.9. The fraction of sp³-hybridized carbons (Fsp3) is 0.333. The molecule has 0 radical (unpaired) electrons. The van der Waals surface area contributed by atoms with Gasteiger partial charge >= 0.3 is 0 Å². The highest BCUT2D eigenvalue weighted by Crippen LogP contribution is 2.17. The molecule has 0 aliphatic heterocycles. The molecule has 0 amide bonds. The largest absolute Gasteiger partial charge is 0.385 e. The Labute approximate surface area is 116 Å². The first-order valence-corrected chi connectivity index (χ1v) is 7.13. The van der Waals surface area contributed by atoms with Crippen molar-refractivity contribution in [3.05, 3.63) is 65.7 Å². The van der Waals surface area contributed by atoms with Crippen LogP contribution in [0.5, 0.6) is 0 Å². The lowest BCUT2D eigenvalue weighted by Crippen LogP contribution is -2.03. The van der Waals surface area contributed by atoms with E-state index in [4.69, 9.17) is 0 Å². The van der Waals surface area contributed by atoms with E-state index in [0.717, 1.165) is 19.4 Å². The summed E-state index contributed by atoms with van der Waals surface area (Å²) in [6.07, 6.45) is 2.30. The Morgan fingerprint density at radius 1 is 0.895 bits per heavy atom. The van der Waals surface area contributed by atoms with Crippen LogP contribution in [0, 0.1) is 0 Å². The van der Waals surface area contributed by atoms with Crippen molar-refractivity contribution < 1.29 is 0 Å². The number of hydrogen-bond acceptors (Lipinski definition) is 1. The smallest absolute Gasteiger partial charge is 0.0340 e. The van der Waals surface area contributed by atoms with Gasteiger partial charge in [-0.15, -0.1) is 0 Å². The minimum Gasteiger partial charge on any atom is -0.385 e. The molecule has 2 aromatic carbocycles. The van der Waals surface area contributed by atoms with Crippen molar-refractivity contribution in [2.75, 3.05) is 11.9 Å². The van der Waals surface area contributed by atoms with Crippen LogP contribution in [0.2, 0.25) is 0 Å². The number of aryl methyl sites for hydroxylation is 1. The normalized spacial score (nSPS) is 10.7. The van der Waals surface area contributed by atoms with Crippen LogP contribution in [0.15, 0.2) is 54.6 Å². The third kappa shape index (κ3) is 4.44. The van der Waals surface area contributed by atoms with E-state index in [1.807, 2.05) is 0 Å². The molecule has 100 valence electrons. The number of rotatable bonds is 6. The Kier molecular flexibility index (Phi) is 5.02. The molecule has 2 aromatic rings. The van der Waals surface area contributed by atoms with Crippen LogP contribution in [-0.4, -0.2) is 6.54 Å². The Hall–Kier alpha value is -1.76. The van der Waals surface area contributed by atoms with E-state index in [0.29, 0.717) is 5.92 Å². The quantitative estimate of drug-likeness (QED) is 0.725. The number of benzene rings is 2. The highest BCUT2D eigenvalue weighted by molar-refractivity contribution is 5.45. The monoisotopic (exact) mass is 253 g/mol. The molecule has 0 heterocycles. The van der Waals surface area contributed by atoms with Crippen LogP contribution in [0.1, 0.15) is 37.3 Å². The minimum absolute atomic E-state index is 0.604. The first kappa shape index (κ1) is 13.7. The van der Waals surface area contributed by atoms with Crippen LogP contribution < -0.4 is 5.32 Å². The van der Waals surface area contributed by atoms with Gasteiger partial charge < -0.3 is 5.32 Å².